The van der Waals surface area contributed by atoms with Crippen molar-refractivity contribution in [2.24, 2.45) is 0 Å². The van der Waals surface area contributed by atoms with Crippen LogP contribution in [0.5, 0.6) is 0 Å². The van der Waals surface area contributed by atoms with Gasteiger partial charge in [0.05, 0.1) is 16.9 Å². The zero-order valence-corrected chi connectivity index (χ0v) is 14.3. The summed E-state index contributed by atoms with van der Waals surface area (Å²) in [5.41, 5.74) is 3.00. The normalized spacial score (nSPS) is 10.5. The molecule has 0 radical (unpaired) electrons. The van der Waals surface area contributed by atoms with E-state index in [1.54, 1.807) is 6.20 Å². The first-order chi connectivity index (χ1) is 11.7. The van der Waals surface area contributed by atoms with Crippen LogP contribution >= 0.6 is 11.6 Å². The highest BCUT2D eigenvalue weighted by Crippen LogP contribution is 2.26. The van der Waals surface area contributed by atoms with Gasteiger partial charge in [0.2, 0.25) is 0 Å². The SMILES string of the molecule is CCN(c1cccc(C)c1)c1nncc(Nc2ccccc2Cl)n1. The van der Waals surface area contributed by atoms with E-state index in [9.17, 15) is 0 Å². The summed E-state index contributed by atoms with van der Waals surface area (Å²) < 4.78 is 0. The minimum Gasteiger partial charge on any atom is -0.338 e. The minimum atomic E-state index is 0.542. The molecular formula is C18H18ClN5. The van der Waals surface area contributed by atoms with Crippen LogP contribution in [-0.4, -0.2) is 21.7 Å². The van der Waals surface area contributed by atoms with Crippen LogP contribution < -0.4 is 10.2 Å². The Bertz CT molecular complexity index is 837. The zero-order valence-electron chi connectivity index (χ0n) is 13.6. The van der Waals surface area contributed by atoms with Gasteiger partial charge in [-0.2, -0.15) is 10.1 Å². The highest BCUT2D eigenvalue weighted by atomic mass is 35.5. The average molecular weight is 340 g/mol. The van der Waals surface area contributed by atoms with Gasteiger partial charge in [-0.15, -0.1) is 5.10 Å². The van der Waals surface area contributed by atoms with Crippen LogP contribution in [0, 0.1) is 6.92 Å². The zero-order chi connectivity index (χ0) is 16.9. The molecule has 0 atom stereocenters. The molecule has 0 spiro atoms. The number of aromatic nitrogens is 3. The Labute approximate surface area is 146 Å². The Balaban J connectivity index is 1.90. The summed E-state index contributed by atoms with van der Waals surface area (Å²) in [6.07, 6.45) is 1.58. The van der Waals surface area contributed by atoms with Crippen molar-refractivity contribution in [1.29, 1.82) is 0 Å². The summed E-state index contributed by atoms with van der Waals surface area (Å²) in [6, 6.07) is 15.7. The molecule has 0 aliphatic heterocycles. The van der Waals surface area contributed by atoms with Gasteiger partial charge in [0, 0.05) is 12.2 Å². The molecule has 1 heterocycles. The monoisotopic (exact) mass is 339 g/mol. The molecule has 0 bridgehead atoms. The van der Waals surface area contributed by atoms with Crippen molar-refractivity contribution in [3.8, 4) is 0 Å². The number of halogens is 1. The quantitative estimate of drug-likeness (QED) is 0.728. The number of para-hydroxylation sites is 1. The molecule has 5 nitrogen and oxygen atoms in total. The third-order valence-electron chi connectivity index (χ3n) is 3.56. The predicted molar refractivity (Wildman–Crippen MR) is 98.4 cm³/mol. The van der Waals surface area contributed by atoms with Crippen LogP contribution in [0.25, 0.3) is 0 Å². The Kier molecular flexibility index (Phi) is 4.91. The van der Waals surface area contributed by atoms with Gasteiger partial charge in [0.1, 0.15) is 0 Å². The molecule has 3 aromatic rings. The summed E-state index contributed by atoms with van der Waals surface area (Å²) in [6.45, 7) is 4.85. The molecule has 3 rings (SSSR count). The van der Waals surface area contributed by atoms with Crippen molar-refractivity contribution in [3.63, 3.8) is 0 Å². The lowest BCUT2D eigenvalue weighted by Gasteiger charge is -2.21. The van der Waals surface area contributed by atoms with E-state index in [1.165, 1.54) is 5.56 Å². The van der Waals surface area contributed by atoms with Gasteiger partial charge in [0.25, 0.3) is 5.95 Å². The van der Waals surface area contributed by atoms with E-state index in [1.807, 2.05) is 41.3 Å². The first-order valence-corrected chi connectivity index (χ1v) is 8.10. The van der Waals surface area contributed by atoms with Crippen molar-refractivity contribution < 1.29 is 0 Å². The van der Waals surface area contributed by atoms with Crippen LogP contribution in [0.3, 0.4) is 0 Å². The summed E-state index contributed by atoms with van der Waals surface area (Å²) in [5, 5.41) is 12.1. The van der Waals surface area contributed by atoms with Gasteiger partial charge in [-0.25, -0.2) is 0 Å². The van der Waals surface area contributed by atoms with Gasteiger partial charge in [0.15, 0.2) is 5.82 Å². The van der Waals surface area contributed by atoms with Crippen LogP contribution in [-0.2, 0) is 0 Å². The summed E-state index contributed by atoms with van der Waals surface area (Å²) >= 11 is 6.18. The van der Waals surface area contributed by atoms with E-state index >= 15 is 0 Å². The summed E-state index contributed by atoms with van der Waals surface area (Å²) in [5.74, 6) is 1.14. The van der Waals surface area contributed by atoms with Crippen molar-refractivity contribution in [2.45, 2.75) is 13.8 Å². The van der Waals surface area contributed by atoms with Crippen LogP contribution in [0.15, 0.2) is 54.7 Å². The molecule has 0 aliphatic carbocycles. The van der Waals surface area contributed by atoms with Crippen molar-refractivity contribution >= 4 is 34.7 Å². The number of hydrogen-bond acceptors (Lipinski definition) is 5. The Morgan fingerprint density at radius 1 is 1.12 bits per heavy atom. The van der Waals surface area contributed by atoms with E-state index in [-0.39, 0.29) is 0 Å². The number of anilines is 4. The lowest BCUT2D eigenvalue weighted by atomic mass is 10.2. The minimum absolute atomic E-state index is 0.542. The summed E-state index contributed by atoms with van der Waals surface area (Å²) in [4.78, 5) is 6.58. The maximum atomic E-state index is 6.18. The van der Waals surface area contributed by atoms with E-state index in [4.69, 9.17) is 11.6 Å². The molecule has 2 aromatic carbocycles. The number of aryl methyl sites for hydroxylation is 1. The van der Waals surface area contributed by atoms with Gasteiger partial charge >= 0.3 is 0 Å². The van der Waals surface area contributed by atoms with Gasteiger partial charge in [-0.3, -0.25) is 0 Å². The molecular weight excluding hydrogens is 322 g/mol. The third-order valence-corrected chi connectivity index (χ3v) is 3.88. The molecule has 0 aliphatic rings. The van der Waals surface area contributed by atoms with E-state index in [0.717, 1.165) is 17.9 Å². The van der Waals surface area contributed by atoms with E-state index in [2.05, 4.69) is 46.5 Å². The number of nitrogens with zero attached hydrogens (tertiary/aromatic N) is 4. The van der Waals surface area contributed by atoms with E-state index in [0.29, 0.717) is 16.8 Å². The van der Waals surface area contributed by atoms with Gasteiger partial charge < -0.3 is 10.2 Å². The standard InChI is InChI=1S/C18H18ClN5/c1-3-24(14-8-6-7-13(2)11-14)18-22-17(12-20-23-18)21-16-10-5-4-9-15(16)19/h4-12H,3H2,1-2H3,(H,21,22,23). The lowest BCUT2D eigenvalue weighted by Crippen LogP contribution is -2.19. The smallest absolute Gasteiger partial charge is 0.251 e. The molecule has 0 fully saturated rings. The van der Waals surface area contributed by atoms with Gasteiger partial charge in [-0.05, 0) is 43.7 Å². The fraction of sp³-hybridized carbons (Fsp3) is 0.167. The van der Waals surface area contributed by atoms with Crippen LogP contribution in [0.2, 0.25) is 5.02 Å². The second kappa shape index (κ2) is 7.27. The molecule has 1 N–H and O–H groups in total. The number of benzene rings is 2. The van der Waals surface area contributed by atoms with Crippen molar-refractivity contribution in [2.75, 3.05) is 16.8 Å². The van der Waals surface area contributed by atoms with Crippen molar-refractivity contribution in [1.82, 2.24) is 15.2 Å². The fourth-order valence-electron chi connectivity index (χ4n) is 2.40. The molecule has 1 aromatic heterocycles. The first-order valence-electron chi connectivity index (χ1n) is 7.73. The highest BCUT2D eigenvalue weighted by Gasteiger charge is 2.12. The molecule has 0 saturated carbocycles. The second-order valence-corrected chi connectivity index (χ2v) is 5.74. The Hall–Kier alpha value is -2.66. The molecule has 0 saturated heterocycles. The van der Waals surface area contributed by atoms with Crippen LogP contribution in [0.4, 0.5) is 23.1 Å². The third kappa shape index (κ3) is 3.63. The average Bonchev–Trinajstić information content (AvgIpc) is 2.58. The second-order valence-electron chi connectivity index (χ2n) is 5.33. The van der Waals surface area contributed by atoms with Crippen molar-refractivity contribution in [3.05, 3.63) is 65.3 Å². The molecule has 6 heteroatoms. The molecule has 122 valence electrons. The van der Waals surface area contributed by atoms with Crippen LogP contribution in [0.1, 0.15) is 12.5 Å². The number of nitrogens with one attached hydrogen (secondary N) is 1. The topological polar surface area (TPSA) is 53.9 Å². The number of rotatable bonds is 5. The number of hydrogen-bond donors (Lipinski definition) is 1. The first kappa shape index (κ1) is 16.2. The summed E-state index contributed by atoms with van der Waals surface area (Å²) in [7, 11) is 0. The van der Waals surface area contributed by atoms with Gasteiger partial charge in [-0.1, -0.05) is 35.9 Å². The molecule has 0 amide bonds. The predicted octanol–water partition coefficient (Wildman–Crippen LogP) is 4.74. The maximum Gasteiger partial charge on any atom is 0.251 e. The maximum absolute atomic E-state index is 6.18. The molecule has 0 unspecified atom stereocenters. The Morgan fingerprint density at radius 3 is 2.71 bits per heavy atom. The molecule has 24 heavy (non-hydrogen) atoms. The fourth-order valence-corrected chi connectivity index (χ4v) is 2.59. The largest absolute Gasteiger partial charge is 0.338 e. The highest BCUT2D eigenvalue weighted by molar-refractivity contribution is 6.33. The lowest BCUT2D eigenvalue weighted by molar-refractivity contribution is 0.886. The Morgan fingerprint density at radius 2 is 1.96 bits per heavy atom. The van der Waals surface area contributed by atoms with E-state index < -0.39 is 0 Å².